The summed E-state index contributed by atoms with van der Waals surface area (Å²) in [6.45, 7) is 2.49. The zero-order chi connectivity index (χ0) is 18.5. The third-order valence-corrected chi connectivity index (χ3v) is 5.23. The van der Waals surface area contributed by atoms with Crippen molar-refractivity contribution in [3.8, 4) is 0 Å². The number of hydrogen-bond acceptors (Lipinski definition) is 4. The van der Waals surface area contributed by atoms with E-state index in [1.54, 1.807) is 17.0 Å². The zero-order valence-corrected chi connectivity index (χ0v) is 14.2. The zero-order valence-electron chi connectivity index (χ0n) is 14.2. The van der Waals surface area contributed by atoms with Crippen molar-refractivity contribution in [1.82, 2.24) is 14.9 Å². The number of hydrogen-bond donors (Lipinski definition) is 1. The van der Waals surface area contributed by atoms with E-state index in [0.717, 1.165) is 24.4 Å². The molecule has 2 amide bonds. The van der Waals surface area contributed by atoms with Gasteiger partial charge >= 0.3 is 0 Å². The molecule has 1 aliphatic heterocycles. The van der Waals surface area contributed by atoms with Gasteiger partial charge < -0.3 is 4.90 Å². The molecule has 0 saturated heterocycles. The molecule has 1 fully saturated rings. The molecule has 1 aliphatic carbocycles. The van der Waals surface area contributed by atoms with Gasteiger partial charge in [0.05, 0.1) is 12.4 Å². The lowest BCUT2D eigenvalue weighted by Crippen LogP contribution is -2.47. The van der Waals surface area contributed by atoms with Gasteiger partial charge in [-0.3, -0.25) is 14.9 Å². The van der Waals surface area contributed by atoms with Crippen LogP contribution in [0.3, 0.4) is 0 Å². The highest BCUT2D eigenvalue weighted by molar-refractivity contribution is 6.32. The number of benzene rings is 1. The standard InChI is InChI=1S/C18H16BFN4O2.H2/c1-10-5-18(10)9-24(16(26)13-3-2-11(19)4-14(13)18)8-15(25)23-17-21-6-12(20)7-22-17;/h2-4,6-7,10H,5,8-9H2,1H3,(H,21,22,23,25);1H/t10?,18-;/m0./s1. The molecule has 1 aromatic heterocycles. The van der Waals surface area contributed by atoms with Gasteiger partial charge in [0.1, 0.15) is 14.4 Å². The van der Waals surface area contributed by atoms with Crippen LogP contribution in [0.5, 0.6) is 0 Å². The molecule has 132 valence electrons. The number of amides is 2. The fourth-order valence-electron chi connectivity index (χ4n) is 3.75. The van der Waals surface area contributed by atoms with Crippen molar-refractivity contribution in [2.75, 3.05) is 18.4 Å². The van der Waals surface area contributed by atoms with Gasteiger partial charge in [-0.1, -0.05) is 24.5 Å². The Morgan fingerprint density at radius 2 is 2.15 bits per heavy atom. The van der Waals surface area contributed by atoms with Crippen LogP contribution in [0.15, 0.2) is 30.6 Å². The first kappa shape index (κ1) is 16.7. The molecule has 1 unspecified atom stereocenters. The molecule has 1 N–H and O–H groups in total. The third kappa shape index (κ3) is 2.75. The first-order valence-electron chi connectivity index (χ1n) is 8.36. The summed E-state index contributed by atoms with van der Waals surface area (Å²) in [4.78, 5) is 34.0. The van der Waals surface area contributed by atoms with Gasteiger partial charge in [-0.15, -0.1) is 0 Å². The highest BCUT2D eigenvalue weighted by atomic mass is 19.1. The smallest absolute Gasteiger partial charge is 0.254 e. The molecule has 4 rings (SSSR count). The second-order valence-corrected chi connectivity index (χ2v) is 7.00. The lowest BCUT2D eigenvalue weighted by atomic mass is 9.81. The van der Waals surface area contributed by atoms with E-state index < -0.39 is 11.7 Å². The number of halogens is 1. The van der Waals surface area contributed by atoms with Crippen LogP contribution < -0.4 is 10.8 Å². The summed E-state index contributed by atoms with van der Waals surface area (Å²) in [5.41, 5.74) is 2.08. The van der Waals surface area contributed by atoms with E-state index >= 15 is 0 Å². The lowest BCUT2D eigenvalue weighted by Gasteiger charge is -2.35. The van der Waals surface area contributed by atoms with Crippen LogP contribution in [0, 0.1) is 11.7 Å². The van der Waals surface area contributed by atoms with E-state index in [2.05, 4.69) is 22.2 Å². The first-order valence-corrected chi connectivity index (χ1v) is 8.36. The summed E-state index contributed by atoms with van der Waals surface area (Å²) in [6, 6.07) is 5.31. The van der Waals surface area contributed by atoms with E-state index in [4.69, 9.17) is 7.85 Å². The average Bonchev–Trinajstić information content (AvgIpc) is 3.25. The van der Waals surface area contributed by atoms with Crippen LogP contribution in [0.2, 0.25) is 0 Å². The minimum Gasteiger partial charge on any atom is -0.328 e. The number of carbonyl (C=O) groups is 2. The normalized spacial score (nSPS) is 23.7. The summed E-state index contributed by atoms with van der Waals surface area (Å²) in [7, 11) is 5.90. The van der Waals surface area contributed by atoms with Crippen molar-refractivity contribution in [2.45, 2.75) is 18.8 Å². The van der Waals surface area contributed by atoms with Crippen LogP contribution in [0.1, 0.15) is 30.7 Å². The van der Waals surface area contributed by atoms with Gasteiger partial charge in [0.2, 0.25) is 11.9 Å². The Kier molecular flexibility index (Phi) is 3.79. The maximum Gasteiger partial charge on any atom is 0.254 e. The molecule has 0 bridgehead atoms. The summed E-state index contributed by atoms with van der Waals surface area (Å²) in [5.74, 6) is -0.785. The topological polar surface area (TPSA) is 75.2 Å². The molecule has 6 nitrogen and oxygen atoms in total. The highest BCUT2D eigenvalue weighted by Crippen LogP contribution is 2.57. The lowest BCUT2D eigenvalue weighted by molar-refractivity contribution is -0.117. The Hall–Kier alpha value is -2.77. The van der Waals surface area contributed by atoms with Crippen molar-refractivity contribution < 1.29 is 15.4 Å². The summed E-state index contributed by atoms with van der Waals surface area (Å²) >= 11 is 0. The van der Waals surface area contributed by atoms with Crippen LogP contribution in [-0.2, 0) is 10.2 Å². The van der Waals surface area contributed by atoms with E-state index in [1.165, 1.54) is 0 Å². The molecular formula is C18H18BFN4O2. The molecule has 2 atom stereocenters. The predicted molar refractivity (Wildman–Crippen MR) is 95.9 cm³/mol. The number of carbonyl (C=O) groups excluding carboxylic acids is 2. The Labute approximate surface area is 152 Å². The van der Waals surface area contributed by atoms with E-state index in [0.29, 0.717) is 23.5 Å². The van der Waals surface area contributed by atoms with E-state index in [9.17, 15) is 14.0 Å². The number of fused-ring (bicyclic) bond motifs is 2. The Morgan fingerprint density at radius 1 is 1.46 bits per heavy atom. The molecule has 8 heteroatoms. The van der Waals surface area contributed by atoms with Gasteiger partial charge in [-0.05, 0) is 24.0 Å². The van der Waals surface area contributed by atoms with Gasteiger partial charge in [-0.25, -0.2) is 14.4 Å². The van der Waals surface area contributed by atoms with Crippen LogP contribution >= 0.6 is 0 Å². The van der Waals surface area contributed by atoms with Crippen molar-refractivity contribution in [2.24, 2.45) is 5.92 Å². The average molecular weight is 352 g/mol. The molecule has 1 spiro atoms. The monoisotopic (exact) mass is 352 g/mol. The van der Waals surface area contributed by atoms with Crippen molar-refractivity contribution in [1.29, 1.82) is 0 Å². The second kappa shape index (κ2) is 5.90. The second-order valence-electron chi connectivity index (χ2n) is 7.00. The SMILES string of the molecule is [B]c1ccc2c(c1)[C@@]1(CC1C)CN(CC(=O)Nc1ncc(F)cn1)C2=O.[HH]. The van der Waals surface area contributed by atoms with Crippen LogP contribution in [0.4, 0.5) is 10.3 Å². The number of anilines is 1. The van der Waals surface area contributed by atoms with Gasteiger partial charge in [-0.2, -0.15) is 0 Å². The fourth-order valence-corrected chi connectivity index (χ4v) is 3.75. The fraction of sp³-hybridized carbons (Fsp3) is 0.333. The number of nitrogens with zero attached hydrogens (tertiary/aromatic N) is 3. The molecule has 2 heterocycles. The highest BCUT2D eigenvalue weighted by Gasteiger charge is 2.57. The maximum absolute atomic E-state index is 12.8. The maximum atomic E-state index is 12.8. The number of nitrogens with one attached hydrogen (secondary N) is 1. The first-order chi connectivity index (χ1) is 12.4. The molecule has 2 radical (unpaired) electrons. The Morgan fingerprint density at radius 3 is 2.81 bits per heavy atom. The van der Waals surface area contributed by atoms with Crippen molar-refractivity contribution in [3.63, 3.8) is 0 Å². The van der Waals surface area contributed by atoms with Gasteiger partial charge in [0.25, 0.3) is 5.91 Å². The number of aromatic nitrogens is 2. The molecule has 1 aromatic carbocycles. The largest absolute Gasteiger partial charge is 0.328 e. The molecule has 2 aromatic rings. The minimum absolute atomic E-state index is 0. The quantitative estimate of drug-likeness (QED) is 0.838. The predicted octanol–water partition coefficient (Wildman–Crippen LogP) is 1.03. The van der Waals surface area contributed by atoms with Gasteiger partial charge in [0.15, 0.2) is 5.82 Å². The third-order valence-electron chi connectivity index (χ3n) is 5.23. The van der Waals surface area contributed by atoms with E-state index in [1.807, 2.05) is 6.07 Å². The Balaban J connectivity index is 0.00000210. The van der Waals surface area contributed by atoms with Crippen LogP contribution in [-0.4, -0.2) is 47.6 Å². The van der Waals surface area contributed by atoms with Gasteiger partial charge in [0, 0.05) is 18.9 Å². The van der Waals surface area contributed by atoms with Crippen molar-refractivity contribution in [3.05, 3.63) is 47.5 Å². The molecule has 1 saturated carbocycles. The van der Waals surface area contributed by atoms with E-state index in [-0.39, 0.29) is 25.2 Å². The summed E-state index contributed by atoms with van der Waals surface area (Å²) in [6.07, 6.45) is 2.89. The molecule has 26 heavy (non-hydrogen) atoms. The molecule has 2 aliphatic rings. The number of rotatable bonds is 3. The Bertz CT molecular complexity index is 911. The molecular weight excluding hydrogens is 334 g/mol. The van der Waals surface area contributed by atoms with Crippen LogP contribution in [0.25, 0.3) is 0 Å². The summed E-state index contributed by atoms with van der Waals surface area (Å²) in [5, 5.41) is 2.49. The minimum atomic E-state index is -0.588. The summed E-state index contributed by atoms with van der Waals surface area (Å²) < 4.78 is 12.8. The van der Waals surface area contributed by atoms with Crippen molar-refractivity contribution >= 4 is 31.1 Å².